The van der Waals surface area contributed by atoms with Crippen LogP contribution in [0.3, 0.4) is 0 Å². The number of carbonyl (C=O) groups is 3. The molecule has 1 N–H and O–H groups in total. The van der Waals surface area contributed by atoms with E-state index >= 15 is 0 Å². The van der Waals surface area contributed by atoms with Gasteiger partial charge in [-0.05, 0) is 48.5 Å². The first-order valence-electron chi connectivity index (χ1n) is 14.4. The van der Waals surface area contributed by atoms with Crippen molar-refractivity contribution in [3.8, 4) is 17.4 Å². The van der Waals surface area contributed by atoms with Crippen LogP contribution in [0.1, 0.15) is 33.5 Å². The van der Waals surface area contributed by atoms with Crippen LogP contribution >= 0.6 is 58.0 Å². The van der Waals surface area contributed by atoms with Crippen LogP contribution in [-0.4, -0.2) is 43.1 Å². The van der Waals surface area contributed by atoms with Crippen LogP contribution in [0.2, 0.25) is 25.5 Å². The quantitative estimate of drug-likeness (QED) is 0.0626. The summed E-state index contributed by atoms with van der Waals surface area (Å²) in [7, 11) is 0. The molecule has 0 aliphatic carbocycles. The zero-order chi connectivity index (χ0) is 40.7. The summed E-state index contributed by atoms with van der Waals surface area (Å²) in [6, 6.07) is 18.4. The largest absolute Gasteiger partial charge is 1.00 e. The van der Waals surface area contributed by atoms with E-state index in [4.69, 9.17) is 77.9 Å². The minimum Gasteiger partial charge on any atom is -1.00 e. The summed E-state index contributed by atoms with van der Waals surface area (Å²) in [6.07, 6.45) is 2.37. The molecule has 0 aliphatic rings. The third-order valence-electron chi connectivity index (χ3n) is 6.13. The molecule has 286 valence electrons. The topological polar surface area (TPSA) is 165 Å². The number of aromatic nitrogens is 4. The predicted octanol–water partition coefficient (Wildman–Crippen LogP) is 2.98. The van der Waals surface area contributed by atoms with Crippen molar-refractivity contribution in [2.24, 2.45) is 0 Å². The summed E-state index contributed by atoms with van der Waals surface area (Å²) in [5.74, 6) is -5.10. The van der Waals surface area contributed by atoms with E-state index in [1.54, 1.807) is 42.5 Å². The Kier molecular flexibility index (Phi) is 24.9. The van der Waals surface area contributed by atoms with E-state index in [1.807, 2.05) is 0 Å². The molecule has 0 bridgehead atoms. The molecule has 0 unspecified atom stereocenters. The van der Waals surface area contributed by atoms with E-state index in [2.05, 4.69) is 24.8 Å². The van der Waals surface area contributed by atoms with Crippen LogP contribution in [0.25, 0.3) is 0 Å². The number of rotatable bonds is 7. The van der Waals surface area contributed by atoms with Gasteiger partial charge in [0, 0.05) is 23.3 Å². The van der Waals surface area contributed by atoms with Gasteiger partial charge in [0.05, 0.1) is 22.4 Å². The molecular weight excluding hydrogens is 920 g/mol. The van der Waals surface area contributed by atoms with Gasteiger partial charge in [-0.15, -0.1) is 0 Å². The summed E-state index contributed by atoms with van der Waals surface area (Å²) < 4.78 is 55.7. The minimum atomic E-state index is -0.935. The maximum Gasteiger partial charge on any atom is 1.00 e. The van der Waals surface area contributed by atoms with E-state index in [9.17, 15) is 27.2 Å². The number of hydrogen-bond donors (Lipinski definition) is 1. The Hall–Kier alpha value is -2.15. The second kappa shape index (κ2) is 26.8. The summed E-state index contributed by atoms with van der Waals surface area (Å²) >= 11 is 29.3. The van der Waals surface area contributed by atoms with Crippen molar-refractivity contribution in [3.63, 3.8) is 0 Å². The number of ketones is 2. The molecule has 0 amide bonds. The van der Waals surface area contributed by atoms with Crippen LogP contribution in [0.15, 0.2) is 97.3 Å². The standard InChI is InChI=1S/C17H8Cl2F2N2O2.C11H5Cl3N2O.C6H4F2O.CH2O3.2K.H/c18-11-4-2-1-3-10(11)16(24)15-17(19)23-14(8-22-15)25-13-6-5-9(20)7-12(13)21;12-7-4-2-1-3-6(7)10(17)9-11(14)16-8(13)5-15-9;7-4-1-2-6(9)5(8)3-4;2-1-4-3;;;/h1-8H;1-5H;1-3,9H;1,3H;;;/q;;;;2*+1;-1/p-1. The third kappa shape index (κ3) is 16.8. The first-order chi connectivity index (χ1) is 26.2. The number of hydrogen-bond acceptors (Lipinski definition) is 11. The zero-order valence-electron chi connectivity index (χ0n) is 29.9. The number of phenols is 1. The molecule has 0 atom stereocenters. The first-order valence-corrected chi connectivity index (χ1v) is 16.3. The SMILES string of the molecule is O=C(c1ccccc1Cl)c1ncc(Cl)nc1Cl.O=C(c1ccccc1Cl)c1ncc(Oc2ccc(F)cc2F)nc1Cl.O=CO[O-].Oc1ccc(F)cc1F.[H-].[K+].[K+]. The van der Waals surface area contributed by atoms with E-state index in [0.29, 0.717) is 22.7 Å². The normalized spacial score (nSPS) is 9.58. The Morgan fingerprint density at radius 1 is 0.684 bits per heavy atom. The number of aromatic hydroxyl groups is 1. The number of ether oxygens (including phenoxy) is 1. The summed E-state index contributed by atoms with van der Waals surface area (Å²) in [5, 5.41) is 17.4. The number of phenolic OH excluding ortho intramolecular Hbond substituents is 1. The van der Waals surface area contributed by atoms with Gasteiger partial charge in [-0.2, -0.15) is 4.98 Å². The van der Waals surface area contributed by atoms with Crippen LogP contribution in [0.5, 0.6) is 17.4 Å². The van der Waals surface area contributed by atoms with E-state index in [1.165, 1.54) is 12.3 Å². The molecule has 22 heteroatoms. The molecule has 0 saturated heterocycles. The molecule has 4 aromatic carbocycles. The Bertz CT molecular complexity index is 2330. The van der Waals surface area contributed by atoms with Gasteiger partial charge in [0.25, 0.3) is 6.47 Å². The fourth-order valence-corrected chi connectivity index (χ4v) is 4.81. The molecule has 6 rings (SSSR count). The number of halogens is 9. The molecule has 0 saturated carbocycles. The summed E-state index contributed by atoms with van der Waals surface area (Å²) in [4.78, 5) is 51.2. The Balaban J connectivity index is 0.000000853. The zero-order valence-corrected chi connectivity index (χ0v) is 38.9. The van der Waals surface area contributed by atoms with E-state index < -0.39 is 34.8 Å². The Labute approximate surface area is 431 Å². The van der Waals surface area contributed by atoms with Gasteiger partial charge in [0.15, 0.2) is 33.4 Å². The molecule has 11 nitrogen and oxygen atoms in total. The smallest absolute Gasteiger partial charge is 1.00 e. The second-order valence-corrected chi connectivity index (χ2v) is 11.7. The molecule has 6 aromatic rings. The Morgan fingerprint density at radius 2 is 1.14 bits per heavy atom. The molecule has 57 heavy (non-hydrogen) atoms. The van der Waals surface area contributed by atoms with Crippen molar-refractivity contribution in [1.29, 1.82) is 0 Å². The monoisotopic (exact) mass is 936 g/mol. The number of nitrogens with zero attached hydrogens (tertiary/aromatic N) is 4. The van der Waals surface area contributed by atoms with Gasteiger partial charge in [-0.25, -0.2) is 32.5 Å². The van der Waals surface area contributed by atoms with Gasteiger partial charge in [0.1, 0.15) is 28.2 Å². The van der Waals surface area contributed by atoms with E-state index in [-0.39, 0.29) is 166 Å². The van der Waals surface area contributed by atoms with Crippen molar-refractivity contribution in [2.75, 3.05) is 0 Å². The van der Waals surface area contributed by atoms with Gasteiger partial charge < -0.3 is 21.4 Å². The van der Waals surface area contributed by atoms with Crippen molar-refractivity contribution in [3.05, 3.63) is 169 Å². The van der Waals surface area contributed by atoms with Crippen LogP contribution in [0, 0.1) is 23.3 Å². The maximum absolute atomic E-state index is 13.6. The van der Waals surface area contributed by atoms with Gasteiger partial charge >= 0.3 is 103 Å². The van der Waals surface area contributed by atoms with Gasteiger partial charge in [-0.3, -0.25) is 14.4 Å². The second-order valence-electron chi connectivity index (χ2n) is 9.76. The average molecular weight is 939 g/mol. The van der Waals surface area contributed by atoms with Crippen molar-refractivity contribution < 1.29 is 156 Å². The fraction of sp³-hybridized carbons (Fsp3) is 0. The molecular formula is C35H19Cl5F4K2N4O7. The molecule has 0 aliphatic heterocycles. The van der Waals surface area contributed by atoms with Crippen LogP contribution in [0.4, 0.5) is 17.6 Å². The van der Waals surface area contributed by atoms with E-state index in [0.717, 1.165) is 30.5 Å². The van der Waals surface area contributed by atoms with Crippen molar-refractivity contribution >= 4 is 76.0 Å². The number of carbonyl (C=O) groups excluding carboxylic acids is 3. The fourth-order valence-electron chi connectivity index (χ4n) is 3.75. The summed E-state index contributed by atoms with van der Waals surface area (Å²) in [5.41, 5.74) is 0.456. The maximum atomic E-state index is 13.6. The molecule has 2 aromatic heterocycles. The molecule has 0 radical (unpaired) electrons. The van der Waals surface area contributed by atoms with Crippen LogP contribution in [-0.2, 0) is 9.68 Å². The van der Waals surface area contributed by atoms with Gasteiger partial charge in [-0.1, -0.05) is 82.3 Å². The van der Waals surface area contributed by atoms with Crippen LogP contribution < -0.4 is 113 Å². The molecule has 0 spiro atoms. The third-order valence-corrected chi connectivity index (χ3v) is 7.50. The van der Waals surface area contributed by atoms with Crippen molar-refractivity contribution in [2.45, 2.75) is 0 Å². The predicted molar refractivity (Wildman–Crippen MR) is 192 cm³/mol. The van der Waals surface area contributed by atoms with Crippen molar-refractivity contribution in [1.82, 2.24) is 19.9 Å². The molecule has 0 fully saturated rings. The average Bonchev–Trinajstić information content (AvgIpc) is 3.15. The first kappa shape index (κ1) is 52.9. The number of benzene rings is 4. The van der Waals surface area contributed by atoms with Gasteiger partial charge in [0.2, 0.25) is 17.4 Å². The molecule has 2 heterocycles. The summed E-state index contributed by atoms with van der Waals surface area (Å²) in [6.45, 7) is -0.181. The minimum absolute atomic E-state index is 0. The Morgan fingerprint density at radius 3 is 1.56 bits per heavy atom.